The Morgan fingerprint density at radius 2 is 1.60 bits per heavy atom. The number of carbonyl (C=O) groups excluding carboxylic acids is 1. The zero-order valence-electron chi connectivity index (χ0n) is 20.1. The van der Waals surface area contributed by atoms with Gasteiger partial charge in [-0.2, -0.15) is 0 Å². The number of phenolic OH excluding ortho intramolecular Hbond substituents is 1. The summed E-state index contributed by atoms with van der Waals surface area (Å²) in [4.78, 5) is 22.7. The number of nitrogens with zero attached hydrogens (tertiary/aromatic N) is 2. The van der Waals surface area contributed by atoms with Crippen LogP contribution in [-0.4, -0.2) is 21.0 Å². The van der Waals surface area contributed by atoms with Crippen LogP contribution in [0.25, 0.3) is 11.3 Å². The molecule has 0 aliphatic heterocycles. The second kappa shape index (κ2) is 9.10. The Kier molecular flexibility index (Phi) is 5.79. The zero-order chi connectivity index (χ0) is 23.8. The molecule has 0 unspecified atom stereocenters. The highest BCUT2D eigenvalue weighted by Gasteiger charge is 2.51. The number of benzene rings is 2. The van der Waals surface area contributed by atoms with Gasteiger partial charge in [0.1, 0.15) is 5.75 Å². The van der Waals surface area contributed by atoms with E-state index in [1.165, 1.54) is 38.5 Å². The lowest BCUT2D eigenvalue weighted by atomic mass is 9.48. The summed E-state index contributed by atoms with van der Waals surface area (Å²) in [5.41, 5.74) is 4.06. The van der Waals surface area contributed by atoms with Gasteiger partial charge in [0, 0.05) is 12.0 Å². The Labute approximate surface area is 207 Å². The summed E-state index contributed by atoms with van der Waals surface area (Å²) in [7, 11) is 0. The standard InChI is InChI=1S/C30H33N3O2/c34-25-9-7-24(8-10-25)27-19-31-29(33-28(35)11-6-20-4-2-1-3-5-20)26(32-27)18-30-15-21-12-22(16-30)14-23(13-21)17-30/h1-5,7-10,19,21-23,34H,6,11-18H2,(H,31,33,35). The lowest BCUT2D eigenvalue weighted by Crippen LogP contribution is -2.47. The maximum atomic E-state index is 12.9. The van der Waals surface area contributed by atoms with Crippen LogP contribution in [0.4, 0.5) is 5.82 Å². The summed E-state index contributed by atoms with van der Waals surface area (Å²) >= 11 is 0. The summed E-state index contributed by atoms with van der Waals surface area (Å²) < 4.78 is 0. The van der Waals surface area contributed by atoms with E-state index in [0.29, 0.717) is 24.1 Å². The van der Waals surface area contributed by atoms with Gasteiger partial charge in [0.2, 0.25) is 5.91 Å². The summed E-state index contributed by atoms with van der Waals surface area (Å²) in [6.45, 7) is 0. The Morgan fingerprint density at radius 1 is 0.943 bits per heavy atom. The molecule has 4 bridgehead atoms. The summed E-state index contributed by atoms with van der Waals surface area (Å²) in [6, 6.07) is 17.2. The quantitative estimate of drug-likeness (QED) is 0.435. The third kappa shape index (κ3) is 4.82. The first-order valence-corrected chi connectivity index (χ1v) is 13.0. The average molecular weight is 468 g/mol. The molecule has 1 heterocycles. The van der Waals surface area contributed by atoms with Crippen molar-refractivity contribution in [3.63, 3.8) is 0 Å². The zero-order valence-corrected chi connectivity index (χ0v) is 20.1. The maximum Gasteiger partial charge on any atom is 0.225 e. The Bertz CT molecular complexity index is 1170. The molecule has 0 saturated heterocycles. The summed E-state index contributed by atoms with van der Waals surface area (Å²) in [6.07, 6.45) is 11.8. The highest BCUT2D eigenvalue weighted by molar-refractivity contribution is 5.90. The van der Waals surface area contributed by atoms with Gasteiger partial charge in [-0.05, 0) is 104 Å². The first-order valence-electron chi connectivity index (χ1n) is 13.0. The first kappa shape index (κ1) is 22.3. The molecule has 0 radical (unpaired) electrons. The minimum atomic E-state index is -0.0210. The predicted octanol–water partition coefficient (Wildman–Crippen LogP) is 6.18. The molecule has 5 nitrogen and oxygen atoms in total. The number of aromatic hydroxyl groups is 1. The molecule has 7 rings (SSSR count). The fourth-order valence-corrected chi connectivity index (χ4v) is 7.39. The Balaban J connectivity index is 1.26. The number of nitrogens with one attached hydrogen (secondary N) is 1. The number of amides is 1. The molecule has 1 aromatic heterocycles. The molecule has 5 heteroatoms. The lowest BCUT2D eigenvalue weighted by molar-refractivity contribution is -0.116. The van der Waals surface area contributed by atoms with E-state index in [9.17, 15) is 9.90 Å². The van der Waals surface area contributed by atoms with Crippen molar-refractivity contribution in [1.29, 1.82) is 0 Å². The van der Waals surface area contributed by atoms with Crippen LogP contribution in [-0.2, 0) is 17.6 Å². The van der Waals surface area contributed by atoms with E-state index in [4.69, 9.17) is 9.97 Å². The van der Waals surface area contributed by atoms with Crippen LogP contribution in [0.1, 0.15) is 56.2 Å². The van der Waals surface area contributed by atoms with Gasteiger partial charge in [-0.3, -0.25) is 4.79 Å². The van der Waals surface area contributed by atoms with Crippen LogP contribution in [0.5, 0.6) is 5.75 Å². The molecule has 4 aliphatic carbocycles. The maximum absolute atomic E-state index is 12.9. The van der Waals surface area contributed by atoms with Crippen LogP contribution in [0, 0.1) is 23.2 Å². The summed E-state index contributed by atoms with van der Waals surface area (Å²) in [5, 5.41) is 12.8. The van der Waals surface area contributed by atoms with Gasteiger partial charge in [0.15, 0.2) is 5.82 Å². The Hall–Kier alpha value is -3.21. The molecule has 2 aromatic carbocycles. The van der Waals surface area contributed by atoms with Crippen molar-refractivity contribution in [3.05, 3.63) is 72.1 Å². The molecule has 35 heavy (non-hydrogen) atoms. The number of rotatable bonds is 7. The molecule has 0 atom stereocenters. The predicted molar refractivity (Wildman–Crippen MR) is 137 cm³/mol. The molecule has 1 amide bonds. The highest BCUT2D eigenvalue weighted by atomic mass is 16.3. The minimum absolute atomic E-state index is 0.0210. The van der Waals surface area contributed by atoms with Crippen molar-refractivity contribution in [3.8, 4) is 17.0 Å². The van der Waals surface area contributed by atoms with Gasteiger partial charge in [-0.25, -0.2) is 9.97 Å². The number of hydrogen-bond acceptors (Lipinski definition) is 4. The molecule has 3 aromatic rings. The fourth-order valence-electron chi connectivity index (χ4n) is 7.39. The lowest BCUT2D eigenvalue weighted by Gasteiger charge is -2.57. The van der Waals surface area contributed by atoms with E-state index >= 15 is 0 Å². The normalized spacial score (nSPS) is 26.6. The fraction of sp³-hybridized carbons (Fsp3) is 0.433. The van der Waals surface area contributed by atoms with Gasteiger partial charge in [-0.15, -0.1) is 0 Å². The van der Waals surface area contributed by atoms with Crippen molar-refractivity contribution in [2.45, 2.75) is 57.8 Å². The third-order valence-electron chi connectivity index (χ3n) is 8.46. The average Bonchev–Trinajstić information content (AvgIpc) is 2.84. The van der Waals surface area contributed by atoms with E-state index in [0.717, 1.165) is 46.7 Å². The largest absolute Gasteiger partial charge is 0.508 e. The monoisotopic (exact) mass is 467 g/mol. The third-order valence-corrected chi connectivity index (χ3v) is 8.46. The van der Waals surface area contributed by atoms with E-state index in [2.05, 4.69) is 17.4 Å². The van der Waals surface area contributed by atoms with Crippen molar-refractivity contribution in [2.24, 2.45) is 23.2 Å². The molecular formula is C30H33N3O2. The molecule has 2 N–H and O–H groups in total. The van der Waals surface area contributed by atoms with Crippen LogP contribution >= 0.6 is 0 Å². The minimum Gasteiger partial charge on any atom is -0.508 e. The topological polar surface area (TPSA) is 75.1 Å². The van der Waals surface area contributed by atoms with Crippen LogP contribution in [0.15, 0.2) is 60.8 Å². The second-order valence-corrected chi connectivity index (χ2v) is 11.2. The van der Waals surface area contributed by atoms with Crippen LogP contribution in [0.2, 0.25) is 0 Å². The molecular weight excluding hydrogens is 434 g/mol. The number of hydrogen-bond donors (Lipinski definition) is 2. The number of aryl methyl sites for hydroxylation is 1. The van der Waals surface area contributed by atoms with Crippen molar-refractivity contribution >= 4 is 11.7 Å². The van der Waals surface area contributed by atoms with Crippen LogP contribution < -0.4 is 5.32 Å². The summed E-state index contributed by atoms with van der Waals surface area (Å²) in [5.74, 6) is 3.40. The van der Waals surface area contributed by atoms with Crippen molar-refractivity contribution in [1.82, 2.24) is 9.97 Å². The number of aromatic nitrogens is 2. The van der Waals surface area contributed by atoms with Gasteiger partial charge >= 0.3 is 0 Å². The van der Waals surface area contributed by atoms with E-state index in [-0.39, 0.29) is 11.7 Å². The molecule has 4 fully saturated rings. The molecule has 4 aliphatic rings. The number of carbonyl (C=O) groups is 1. The van der Waals surface area contributed by atoms with E-state index < -0.39 is 0 Å². The van der Waals surface area contributed by atoms with Crippen LogP contribution in [0.3, 0.4) is 0 Å². The molecule has 0 spiro atoms. The van der Waals surface area contributed by atoms with Gasteiger partial charge in [-0.1, -0.05) is 30.3 Å². The van der Waals surface area contributed by atoms with E-state index in [1.54, 1.807) is 18.3 Å². The van der Waals surface area contributed by atoms with Gasteiger partial charge in [0.05, 0.1) is 17.6 Å². The van der Waals surface area contributed by atoms with E-state index in [1.807, 2.05) is 30.3 Å². The number of anilines is 1. The van der Waals surface area contributed by atoms with Gasteiger partial charge < -0.3 is 10.4 Å². The SMILES string of the molecule is O=C(CCc1ccccc1)Nc1ncc(-c2ccc(O)cc2)nc1CC12CC3CC(CC(C3)C1)C2. The number of phenols is 1. The molecule has 4 saturated carbocycles. The van der Waals surface area contributed by atoms with Crippen molar-refractivity contribution in [2.75, 3.05) is 5.32 Å². The molecule has 180 valence electrons. The second-order valence-electron chi connectivity index (χ2n) is 11.2. The smallest absolute Gasteiger partial charge is 0.225 e. The Morgan fingerprint density at radius 3 is 2.26 bits per heavy atom. The first-order chi connectivity index (χ1) is 17.0. The van der Waals surface area contributed by atoms with Crippen molar-refractivity contribution < 1.29 is 9.90 Å². The van der Waals surface area contributed by atoms with Gasteiger partial charge in [0.25, 0.3) is 0 Å². The highest BCUT2D eigenvalue weighted by Crippen LogP contribution is 2.61.